The molecule has 0 aromatic heterocycles. The fraction of sp³-hybridized carbons (Fsp3) is 0.533. The zero-order chi connectivity index (χ0) is 15.4. The minimum Gasteiger partial charge on any atom is -0.336 e. The van der Waals surface area contributed by atoms with Crippen molar-refractivity contribution in [2.45, 2.75) is 0 Å². The van der Waals surface area contributed by atoms with Gasteiger partial charge in [-0.2, -0.15) is 0 Å². The molecule has 21 heavy (non-hydrogen) atoms. The number of amides is 1. The molecule has 1 saturated heterocycles. The van der Waals surface area contributed by atoms with E-state index in [0.29, 0.717) is 17.6 Å². The molecule has 116 valence electrons. The molecular formula is C15H21BrFN3O. The summed E-state index contributed by atoms with van der Waals surface area (Å²) in [6, 6.07) is 4.62. The van der Waals surface area contributed by atoms with E-state index in [0.717, 1.165) is 26.2 Å². The van der Waals surface area contributed by atoms with Gasteiger partial charge in [-0.05, 0) is 42.2 Å². The second-order valence-corrected chi connectivity index (χ2v) is 6.39. The van der Waals surface area contributed by atoms with Gasteiger partial charge in [-0.1, -0.05) is 6.07 Å². The molecule has 0 bridgehead atoms. The summed E-state index contributed by atoms with van der Waals surface area (Å²) in [5, 5.41) is 0. The van der Waals surface area contributed by atoms with Crippen LogP contribution in [-0.4, -0.2) is 74.0 Å². The largest absolute Gasteiger partial charge is 0.336 e. The van der Waals surface area contributed by atoms with Crippen LogP contribution in [0.15, 0.2) is 22.7 Å². The van der Waals surface area contributed by atoms with Crippen molar-refractivity contribution < 1.29 is 9.18 Å². The fourth-order valence-electron chi connectivity index (χ4n) is 2.38. The molecule has 0 radical (unpaired) electrons. The molecule has 0 spiro atoms. The van der Waals surface area contributed by atoms with Gasteiger partial charge in [-0.3, -0.25) is 9.69 Å². The smallest absolute Gasteiger partial charge is 0.258 e. The first-order chi connectivity index (χ1) is 9.99. The fourth-order valence-corrected chi connectivity index (χ4v) is 2.89. The van der Waals surface area contributed by atoms with Gasteiger partial charge < -0.3 is 9.80 Å². The maximum absolute atomic E-state index is 13.8. The SMILES string of the molecule is CN(C)CCN1CCN(C(=O)c2c(F)cccc2Br)CC1. The highest BCUT2D eigenvalue weighted by molar-refractivity contribution is 9.10. The Kier molecular flexibility index (Phi) is 5.72. The van der Waals surface area contributed by atoms with E-state index < -0.39 is 5.82 Å². The summed E-state index contributed by atoms with van der Waals surface area (Å²) in [5.74, 6) is -0.698. The zero-order valence-electron chi connectivity index (χ0n) is 12.5. The number of carbonyl (C=O) groups is 1. The summed E-state index contributed by atoms with van der Waals surface area (Å²) < 4.78 is 14.4. The van der Waals surface area contributed by atoms with Crippen LogP contribution in [0.5, 0.6) is 0 Å². The molecule has 1 amide bonds. The lowest BCUT2D eigenvalue weighted by Crippen LogP contribution is -2.50. The number of nitrogens with zero attached hydrogens (tertiary/aromatic N) is 3. The molecule has 0 atom stereocenters. The van der Waals surface area contributed by atoms with E-state index in [1.807, 2.05) is 0 Å². The van der Waals surface area contributed by atoms with Crippen molar-refractivity contribution in [3.8, 4) is 0 Å². The van der Waals surface area contributed by atoms with Crippen molar-refractivity contribution in [3.05, 3.63) is 34.1 Å². The van der Waals surface area contributed by atoms with E-state index >= 15 is 0 Å². The lowest BCUT2D eigenvalue weighted by atomic mass is 10.1. The number of hydrogen-bond donors (Lipinski definition) is 0. The van der Waals surface area contributed by atoms with Crippen molar-refractivity contribution >= 4 is 21.8 Å². The van der Waals surface area contributed by atoms with Crippen LogP contribution in [-0.2, 0) is 0 Å². The first kappa shape index (κ1) is 16.4. The number of hydrogen-bond acceptors (Lipinski definition) is 3. The average molecular weight is 358 g/mol. The van der Waals surface area contributed by atoms with Gasteiger partial charge in [0.1, 0.15) is 5.82 Å². The van der Waals surface area contributed by atoms with E-state index in [-0.39, 0.29) is 11.5 Å². The highest BCUT2D eigenvalue weighted by atomic mass is 79.9. The van der Waals surface area contributed by atoms with Crippen LogP contribution in [0.4, 0.5) is 4.39 Å². The van der Waals surface area contributed by atoms with Crippen LogP contribution >= 0.6 is 15.9 Å². The summed E-state index contributed by atoms with van der Waals surface area (Å²) in [7, 11) is 4.10. The number of piperazine rings is 1. The number of carbonyl (C=O) groups excluding carboxylic acids is 1. The molecule has 0 aliphatic carbocycles. The molecule has 1 fully saturated rings. The van der Waals surface area contributed by atoms with E-state index in [1.165, 1.54) is 6.07 Å². The van der Waals surface area contributed by atoms with Crippen molar-refractivity contribution in [2.75, 3.05) is 53.4 Å². The Morgan fingerprint density at radius 1 is 1.29 bits per heavy atom. The molecular weight excluding hydrogens is 337 g/mol. The molecule has 1 aromatic carbocycles. The highest BCUT2D eigenvalue weighted by Crippen LogP contribution is 2.22. The van der Waals surface area contributed by atoms with Gasteiger partial charge in [0, 0.05) is 43.7 Å². The van der Waals surface area contributed by atoms with E-state index in [1.54, 1.807) is 17.0 Å². The lowest BCUT2D eigenvalue weighted by molar-refractivity contribution is 0.0624. The zero-order valence-corrected chi connectivity index (χ0v) is 14.1. The van der Waals surface area contributed by atoms with E-state index in [4.69, 9.17) is 0 Å². The molecule has 6 heteroatoms. The normalized spacial score (nSPS) is 16.5. The molecule has 1 aliphatic rings. The Balaban J connectivity index is 1.94. The summed E-state index contributed by atoms with van der Waals surface area (Å²) in [6.07, 6.45) is 0. The third-order valence-corrected chi connectivity index (χ3v) is 4.36. The topological polar surface area (TPSA) is 26.8 Å². The van der Waals surface area contributed by atoms with Crippen LogP contribution in [0, 0.1) is 5.82 Å². The summed E-state index contributed by atoms with van der Waals surface area (Å²) in [4.78, 5) is 18.7. The quantitative estimate of drug-likeness (QED) is 0.823. The molecule has 1 aliphatic heterocycles. The van der Waals surface area contributed by atoms with Gasteiger partial charge in [0.15, 0.2) is 0 Å². The van der Waals surface area contributed by atoms with Gasteiger partial charge in [-0.15, -0.1) is 0 Å². The second-order valence-electron chi connectivity index (χ2n) is 5.53. The second kappa shape index (κ2) is 7.33. The Morgan fingerprint density at radius 2 is 1.95 bits per heavy atom. The Hall–Kier alpha value is -0.980. The van der Waals surface area contributed by atoms with Gasteiger partial charge in [0.25, 0.3) is 5.91 Å². The van der Waals surface area contributed by atoms with Crippen molar-refractivity contribution in [1.29, 1.82) is 0 Å². The van der Waals surface area contributed by atoms with E-state index in [9.17, 15) is 9.18 Å². The molecule has 1 aromatic rings. The van der Waals surface area contributed by atoms with Crippen LogP contribution in [0.25, 0.3) is 0 Å². The van der Waals surface area contributed by atoms with Gasteiger partial charge in [0.2, 0.25) is 0 Å². The number of halogens is 2. The van der Waals surface area contributed by atoms with Gasteiger partial charge >= 0.3 is 0 Å². The number of benzene rings is 1. The molecule has 0 saturated carbocycles. The maximum Gasteiger partial charge on any atom is 0.258 e. The molecule has 0 N–H and O–H groups in total. The first-order valence-corrected chi connectivity index (χ1v) is 7.88. The van der Waals surface area contributed by atoms with Crippen molar-refractivity contribution in [3.63, 3.8) is 0 Å². The predicted molar refractivity (Wildman–Crippen MR) is 85.0 cm³/mol. The van der Waals surface area contributed by atoms with Crippen LogP contribution < -0.4 is 0 Å². The first-order valence-electron chi connectivity index (χ1n) is 7.09. The standard InChI is InChI=1S/C15H21BrFN3O/c1-18(2)6-7-19-8-10-20(11-9-19)15(21)14-12(16)4-3-5-13(14)17/h3-5H,6-11H2,1-2H3. The average Bonchev–Trinajstić information content (AvgIpc) is 2.45. The molecule has 4 nitrogen and oxygen atoms in total. The van der Waals surface area contributed by atoms with Gasteiger partial charge in [0.05, 0.1) is 5.56 Å². The minimum absolute atomic E-state index is 0.138. The van der Waals surface area contributed by atoms with Crippen LogP contribution in [0.2, 0.25) is 0 Å². The van der Waals surface area contributed by atoms with Gasteiger partial charge in [-0.25, -0.2) is 4.39 Å². The predicted octanol–water partition coefficient (Wildman–Crippen LogP) is 1.91. The number of likely N-dealkylation sites (N-methyl/N-ethyl adjacent to an activating group) is 1. The Bertz CT molecular complexity index is 481. The molecule has 0 unspecified atom stereocenters. The summed E-state index contributed by atoms with van der Waals surface area (Å²) in [6.45, 7) is 4.97. The summed E-state index contributed by atoms with van der Waals surface area (Å²) in [5.41, 5.74) is 0.138. The van der Waals surface area contributed by atoms with Crippen molar-refractivity contribution in [1.82, 2.24) is 14.7 Å². The monoisotopic (exact) mass is 357 g/mol. The molecule has 1 heterocycles. The molecule has 2 rings (SSSR count). The van der Waals surface area contributed by atoms with Crippen LogP contribution in [0.3, 0.4) is 0 Å². The third-order valence-electron chi connectivity index (χ3n) is 3.70. The lowest BCUT2D eigenvalue weighted by Gasteiger charge is -2.35. The van der Waals surface area contributed by atoms with Crippen molar-refractivity contribution in [2.24, 2.45) is 0 Å². The number of rotatable bonds is 4. The maximum atomic E-state index is 13.8. The summed E-state index contributed by atoms with van der Waals surface area (Å²) >= 11 is 3.26. The van der Waals surface area contributed by atoms with E-state index in [2.05, 4.69) is 39.8 Å². The third kappa shape index (κ3) is 4.25. The highest BCUT2D eigenvalue weighted by Gasteiger charge is 2.25. The Labute approximate surface area is 133 Å². The van der Waals surface area contributed by atoms with Crippen LogP contribution in [0.1, 0.15) is 10.4 Å². The Morgan fingerprint density at radius 3 is 2.52 bits per heavy atom. The minimum atomic E-state index is -0.468.